The lowest BCUT2D eigenvalue weighted by Crippen LogP contribution is -2.33. The van der Waals surface area contributed by atoms with Gasteiger partial charge in [0, 0.05) is 0 Å². The second-order valence-electron chi connectivity index (χ2n) is 3.64. The maximum atomic E-state index is 11.2. The normalized spacial score (nSPS) is 9.67. The van der Waals surface area contributed by atoms with E-state index in [4.69, 9.17) is 0 Å². The molecule has 0 aromatic rings. The Hall–Kier alpha value is -1.72. The van der Waals surface area contributed by atoms with Gasteiger partial charge in [-0.05, 0) is 12.8 Å². The van der Waals surface area contributed by atoms with E-state index < -0.39 is 23.5 Å². The highest BCUT2D eigenvalue weighted by Crippen LogP contribution is 1.94. The molecule has 0 spiro atoms. The first kappa shape index (κ1) is 16.3. The number of Topliss-reactive ketones (excluding diaryl/α,β-unsaturated/α-hetero) is 2. The van der Waals surface area contributed by atoms with Crippen LogP contribution in [-0.4, -0.2) is 36.7 Å². The first-order valence-corrected chi connectivity index (χ1v) is 5.97. The van der Waals surface area contributed by atoms with Gasteiger partial charge in [-0.25, -0.2) is 9.59 Å². The van der Waals surface area contributed by atoms with Crippen LogP contribution in [0, 0.1) is 0 Å². The van der Waals surface area contributed by atoms with E-state index in [1.165, 1.54) is 0 Å². The third-order valence-corrected chi connectivity index (χ3v) is 2.04. The largest absolute Gasteiger partial charge is 0.460 e. The maximum Gasteiger partial charge on any atom is 0.383 e. The zero-order valence-electron chi connectivity index (χ0n) is 10.7. The number of carbonyl (C=O) groups is 4. The molecule has 0 aromatic heterocycles. The summed E-state index contributed by atoms with van der Waals surface area (Å²) >= 11 is 0. The molecule has 6 heteroatoms. The zero-order valence-corrected chi connectivity index (χ0v) is 10.7. The monoisotopic (exact) mass is 258 g/mol. The summed E-state index contributed by atoms with van der Waals surface area (Å²) < 4.78 is 9.05. The molecule has 0 aliphatic carbocycles. The molecule has 102 valence electrons. The number of carbonyl (C=O) groups excluding carboxylic acids is 4. The van der Waals surface area contributed by atoms with E-state index in [1.54, 1.807) is 0 Å². The minimum atomic E-state index is -1.48. The smallest absolute Gasteiger partial charge is 0.383 e. The van der Waals surface area contributed by atoms with Crippen LogP contribution in [0.3, 0.4) is 0 Å². The van der Waals surface area contributed by atoms with Gasteiger partial charge in [-0.15, -0.1) is 0 Å². The van der Waals surface area contributed by atoms with Crippen molar-refractivity contribution < 1.29 is 28.7 Å². The van der Waals surface area contributed by atoms with E-state index in [0.717, 1.165) is 12.8 Å². The van der Waals surface area contributed by atoms with Gasteiger partial charge in [-0.2, -0.15) is 0 Å². The lowest BCUT2D eigenvalue weighted by Gasteiger charge is -2.03. The molecular formula is C12H18O6. The van der Waals surface area contributed by atoms with Gasteiger partial charge >= 0.3 is 23.5 Å². The Bertz CT molecular complexity index is 289. The van der Waals surface area contributed by atoms with Crippen molar-refractivity contribution in [2.75, 3.05) is 13.2 Å². The first-order valence-electron chi connectivity index (χ1n) is 5.97. The molecule has 0 N–H and O–H groups in total. The van der Waals surface area contributed by atoms with Crippen molar-refractivity contribution in [3.63, 3.8) is 0 Å². The van der Waals surface area contributed by atoms with Gasteiger partial charge in [-0.1, -0.05) is 26.7 Å². The van der Waals surface area contributed by atoms with E-state index in [-0.39, 0.29) is 13.2 Å². The number of rotatable bonds is 9. The summed E-state index contributed by atoms with van der Waals surface area (Å²) in [6.45, 7) is 3.87. The van der Waals surface area contributed by atoms with Crippen molar-refractivity contribution in [3.8, 4) is 0 Å². The molecule has 0 fully saturated rings. The van der Waals surface area contributed by atoms with Crippen molar-refractivity contribution in [3.05, 3.63) is 0 Å². The Morgan fingerprint density at radius 1 is 0.722 bits per heavy atom. The van der Waals surface area contributed by atoms with E-state index in [9.17, 15) is 19.2 Å². The predicted molar refractivity (Wildman–Crippen MR) is 61.7 cm³/mol. The van der Waals surface area contributed by atoms with Gasteiger partial charge < -0.3 is 9.47 Å². The van der Waals surface area contributed by atoms with Crippen LogP contribution in [-0.2, 0) is 28.7 Å². The maximum absolute atomic E-state index is 11.2. The van der Waals surface area contributed by atoms with Gasteiger partial charge in [0.15, 0.2) is 0 Å². The van der Waals surface area contributed by atoms with E-state index in [2.05, 4.69) is 9.47 Å². The fraction of sp³-hybridized carbons (Fsp3) is 0.667. The summed E-state index contributed by atoms with van der Waals surface area (Å²) in [5.41, 5.74) is 0. The van der Waals surface area contributed by atoms with Crippen molar-refractivity contribution in [1.29, 1.82) is 0 Å². The predicted octanol–water partition coefficient (Wildman–Crippen LogP) is 0.811. The van der Waals surface area contributed by atoms with Gasteiger partial charge in [0.2, 0.25) is 0 Å². The Labute approximate surface area is 106 Å². The molecule has 0 saturated carbocycles. The van der Waals surface area contributed by atoms with Gasteiger partial charge in [-0.3, -0.25) is 9.59 Å². The summed E-state index contributed by atoms with van der Waals surface area (Å²) in [7, 11) is 0. The molecule has 18 heavy (non-hydrogen) atoms. The Morgan fingerprint density at radius 3 is 1.33 bits per heavy atom. The van der Waals surface area contributed by atoms with Crippen LogP contribution in [0.5, 0.6) is 0 Å². The van der Waals surface area contributed by atoms with Crippen LogP contribution in [0.2, 0.25) is 0 Å². The second kappa shape index (κ2) is 9.32. The molecule has 0 aliphatic heterocycles. The number of hydrogen-bond donors (Lipinski definition) is 0. The Balaban J connectivity index is 4.11. The highest BCUT2D eigenvalue weighted by atomic mass is 16.5. The van der Waals surface area contributed by atoms with Crippen LogP contribution in [0.4, 0.5) is 0 Å². The molecule has 0 bridgehead atoms. The molecule has 0 unspecified atom stereocenters. The number of unbranched alkanes of at least 4 members (excludes halogenated alkanes) is 2. The summed E-state index contributed by atoms with van der Waals surface area (Å²) in [4.78, 5) is 44.6. The summed E-state index contributed by atoms with van der Waals surface area (Å²) in [6, 6.07) is 0. The van der Waals surface area contributed by atoms with E-state index >= 15 is 0 Å². The third kappa shape index (κ3) is 6.12. The molecule has 0 aliphatic rings. The first-order chi connectivity index (χ1) is 8.54. The summed E-state index contributed by atoms with van der Waals surface area (Å²) in [5, 5.41) is 0. The van der Waals surface area contributed by atoms with Gasteiger partial charge in [0.1, 0.15) is 0 Å². The highest BCUT2D eigenvalue weighted by Gasteiger charge is 2.31. The molecule has 0 amide bonds. The van der Waals surface area contributed by atoms with Crippen molar-refractivity contribution in [2.24, 2.45) is 0 Å². The summed E-state index contributed by atoms with van der Waals surface area (Å²) in [5.74, 6) is -5.57. The lowest BCUT2D eigenvalue weighted by molar-refractivity contribution is -0.163. The van der Waals surface area contributed by atoms with Crippen LogP contribution in [0.25, 0.3) is 0 Å². The van der Waals surface area contributed by atoms with Gasteiger partial charge in [0.05, 0.1) is 13.2 Å². The molecule has 0 atom stereocenters. The molecule has 0 aromatic carbocycles. The number of esters is 2. The van der Waals surface area contributed by atoms with Crippen LogP contribution in [0.15, 0.2) is 0 Å². The average molecular weight is 258 g/mol. The molecule has 0 saturated heterocycles. The number of hydrogen-bond acceptors (Lipinski definition) is 6. The molecular weight excluding hydrogens is 240 g/mol. The van der Waals surface area contributed by atoms with Crippen molar-refractivity contribution >= 4 is 23.5 Å². The van der Waals surface area contributed by atoms with E-state index in [1.807, 2.05) is 13.8 Å². The molecule has 0 rings (SSSR count). The summed E-state index contributed by atoms with van der Waals surface area (Å²) in [6.07, 6.45) is 2.76. The minimum absolute atomic E-state index is 0.0548. The van der Waals surface area contributed by atoms with Crippen LogP contribution in [0.1, 0.15) is 39.5 Å². The number of ketones is 2. The number of ether oxygens (including phenoxy) is 2. The van der Waals surface area contributed by atoms with Gasteiger partial charge in [0.25, 0.3) is 0 Å². The minimum Gasteiger partial charge on any atom is -0.460 e. The van der Waals surface area contributed by atoms with Crippen molar-refractivity contribution in [2.45, 2.75) is 39.5 Å². The Kier molecular flexibility index (Phi) is 8.43. The van der Waals surface area contributed by atoms with Crippen molar-refractivity contribution in [1.82, 2.24) is 0 Å². The molecule has 0 radical (unpaired) electrons. The fourth-order valence-corrected chi connectivity index (χ4v) is 0.935. The topological polar surface area (TPSA) is 86.7 Å². The standard InChI is InChI=1S/C12H18O6/c1-3-5-7-17-11(15)9(13)10(14)12(16)18-8-6-4-2/h3-8H2,1-2H3. The SMILES string of the molecule is CCCCOC(=O)C(=O)C(=O)C(=O)OCCCC. The van der Waals surface area contributed by atoms with E-state index in [0.29, 0.717) is 12.8 Å². The van der Waals surface area contributed by atoms with Crippen LogP contribution < -0.4 is 0 Å². The Morgan fingerprint density at radius 2 is 1.06 bits per heavy atom. The second-order valence-corrected chi connectivity index (χ2v) is 3.64. The highest BCUT2D eigenvalue weighted by molar-refractivity contribution is 6.76. The quantitative estimate of drug-likeness (QED) is 0.263. The molecule has 0 heterocycles. The molecule has 6 nitrogen and oxygen atoms in total. The lowest BCUT2D eigenvalue weighted by atomic mass is 10.2. The van der Waals surface area contributed by atoms with Crippen LogP contribution >= 0.6 is 0 Å². The third-order valence-electron chi connectivity index (χ3n) is 2.04. The zero-order chi connectivity index (χ0) is 14.0. The fourth-order valence-electron chi connectivity index (χ4n) is 0.935. The average Bonchev–Trinajstić information content (AvgIpc) is 2.37.